The molecule has 0 aromatic carbocycles. The molecule has 0 aromatic rings. The van der Waals surface area contributed by atoms with Gasteiger partial charge in [-0.05, 0) is 11.8 Å². The van der Waals surface area contributed by atoms with Crippen molar-refractivity contribution in [1.29, 1.82) is 0 Å². The first-order chi connectivity index (χ1) is 13.0. The maximum Gasteiger partial charge on any atom is 0.338 e. The molecule has 0 bridgehead atoms. The molecule has 6 nitrogen and oxygen atoms in total. The van der Waals surface area contributed by atoms with E-state index < -0.39 is 23.8 Å². The van der Waals surface area contributed by atoms with Gasteiger partial charge in [-0.2, -0.15) is 0 Å². The zero-order valence-corrected chi connectivity index (χ0v) is 18.7. The molecule has 0 aliphatic carbocycles. The number of unbranched alkanes of at least 4 members (excludes halogenated alkanes) is 6. The third-order valence-electron chi connectivity index (χ3n) is 5.35. The Hall–Kier alpha value is -1.14. The summed E-state index contributed by atoms with van der Waals surface area (Å²) >= 11 is 0. The molecule has 0 radical (unpaired) electrons. The van der Waals surface area contributed by atoms with Crippen LogP contribution in [-0.4, -0.2) is 41.5 Å². The number of cyclic esters (lactones) is 1. The van der Waals surface area contributed by atoms with E-state index in [0.29, 0.717) is 6.42 Å². The standard InChI is InChI=1S/C22H41NO5/c1-7-8-9-10-11-12-13-14-16(18-20(26)28-22(5,6)27-18)19(25)23-17(15-24)21(2,3)4/h16-18,24H,7-15H2,1-6H3,(H,23,25)/t16-,17-,18+/m1/s1. The average molecular weight is 400 g/mol. The Morgan fingerprint density at radius 2 is 1.71 bits per heavy atom. The normalized spacial score (nSPS) is 21.2. The number of amides is 1. The zero-order chi connectivity index (χ0) is 21.4. The Morgan fingerprint density at radius 3 is 2.18 bits per heavy atom. The van der Waals surface area contributed by atoms with Gasteiger partial charge in [0.15, 0.2) is 6.10 Å². The summed E-state index contributed by atoms with van der Waals surface area (Å²) in [5.74, 6) is -2.36. The topological polar surface area (TPSA) is 84.9 Å². The second kappa shape index (κ2) is 11.1. The Labute approximate surface area is 170 Å². The van der Waals surface area contributed by atoms with Crippen molar-refractivity contribution >= 4 is 11.9 Å². The van der Waals surface area contributed by atoms with Crippen LogP contribution in [0.4, 0.5) is 0 Å². The van der Waals surface area contributed by atoms with Crippen molar-refractivity contribution in [3.05, 3.63) is 0 Å². The predicted molar refractivity (Wildman–Crippen MR) is 110 cm³/mol. The number of carbonyl (C=O) groups excluding carboxylic acids is 2. The van der Waals surface area contributed by atoms with Gasteiger partial charge in [-0.15, -0.1) is 0 Å². The minimum atomic E-state index is -1.01. The van der Waals surface area contributed by atoms with Crippen LogP contribution >= 0.6 is 0 Å². The first kappa shape index (κ1) is 24.9. The summed E-state index contributed by atoms with van der Waals surface area (Å²) in [6.07, 6.45) is 7.63. The number of ether oxygens (including phenoxy) is 2. The van der Waals surface area contributed by atoms with Crippen LogP contribution in [0.15, 0.2) is 0 Å². The highest BCUT2D eigenvalue weighted by atomic mass is 16.8. The summed E-state index contributed by atoms with van der Waals surface area (Å²) in [7, 11) is 0. The molecule has 6 heteroatoms. The van der Waals surface area contributed by atoms with E-state index in [4.69, 9.17) is 9.47 Å². The lowest BCUT2D eigenvalue weighted by Crippen LogP contribution is -2.50. The van der Waals surface area contributed by atoms with E-state index in [2.05, 4.69) is 12.2 Å². The predicted octanol–water partition coefficient (Wildman–Crippen LogP) is 3.94. The van der Waals surface area contributed by atoms with Crippen molar-refractivity contribution in [3.63, 3.8) is 0 Å². The minimum Gasteiger partial charge on any atom is -0.432 e. The fraction of sp³-hybridized carbons (Fsp3) is 0.909. The second-order valence-corrected chi connectivity index (χ2v) is 9.49. The summed E-state index contributed by atoms with van der Waals surface area (Å²) in [6.45, 7) is 11.3. The van der Waals surface area contributed by atoms with Crippen LogP contribution < -0.4 is 5.32 Å². The van der Waals surface area contributed by atoms with E-state index >= 15 is 0 Å². The average Bonchev–Trinajstić information content (AvgIpc) is 2.86. The highest BCUT2D eigenvalue weighted by Crippen LogP contribution is 2.31. The number of aliphatic hydroxyl groups is 1. The lowest BCUT2D eigenvalue weighted by Gasteiger charge is -2.32. The molecule has 1 saturated heterocycles. The lowest BCUT2D eigenvalue weighted by atomic mass is 9.86. The molecule has 1 rings (SSSR count). The Bertz CT molecular complexity index is 498. The quantitative estimate of drug-likeness (QED) is 0.383. The highest BCUT2D eigenvalue weighted by molar-refractivity contribution is 5.87. The Balaban J connectivity index is 2.72. The second-order valence-electron chi connectivity index (χ2n) is 9.49. The number of esters is 1. The Morgan fingerprint density at radius 1 is 1.14 bits per heavy atom. The summed E-state index contributed by atoms with van der Waals surface area (Å²) in [5.41, 5.74) is -0.287. The third kappa shape index (κ3) is 8.08. The molecule has 0 spiro atoms. The van der Waals surface area contributed by atoms with E-state index in [1.165, 1.54) is 25.7 Å². The van der Waals surface area contributed by atoms with Gasteiger partial charge in [0, 0.05) is 13.8 Å². The third-order valence-corrected chi connectivity index (χ3v) is 5.35. The van der Waals surface area contributed by atoms with E-state index in [0.717, 1.165) is 19.3 Å². The SMILES string of the molecule is CCCCCCCCC[C@@H](C(=O)N[C@H](CO)C(C)(C)C)[C@@H]1OC(C)(C)OC1=O. The van der Waals surface area contributed by atoms with Gasteiger partial charge in [0.1, 0.15) is 0 Å². The van der Waals surface area contributed by atoms with E-state index in [9.17, 15) is 14.7 Å². The molecule has 1 amide bonds. The summed E-state index contributed by atoms with van der Waals surface area (Å²) in [4.78, 5) is 25.3. The van der Waals surface area contributed by atoms with Crippen molar-refractivity contribution < 1.29 is 24.2 Å². The molecule has 0 saturated carbocycles. The van der Waals surface area contributed by atoms with Gasteiger partial charge in [-0.3, -0.25) is 4.79 Å². The maximum atomic E-state index is 13.0. The van der Waals surface area contributed by atoms with Crippen molar-refractivity contribution in [1.82, 2.24) is 5.32 Å². The van der Waals surface area contributed by atoms with Crippen molar-refractivity contribution in [2.45, 2.75) is 111 Å². The van der Waals surface area contributed by atoms with Crippen LogP contribution in [0.2, 0.25) is 0 Å². The lowest BCUT2D eigenvalue weighted by molar-refractivity contribution is -0.162. The molecule has 1 heterocycles. The van der Waals surface area contributed by atoms with Gasteiger partial charge in [0.25, 0.3) is 0 Å². The van der Waals surface area contributed by atoms with Crippen molar-refractivity contribution in [2.75, 3.05) is 6.61 Å². The monoisotopic (exact) mass is 399 g/mol. The molecule has 1 fully saturated rings. The van der Waals surface area contributed by atoms with Crippen LogP contribution in [-0.2, 0) is 19.1 Å². The van der Waals surface area contributed by atoms with E-state index in [1.54, 1.807) is 13.8 Å². The summed E-state index contributed by atoms with van der Waals surface area (Å²) in [5, 5.41) is 12.6. The molecule has 1 aliphatic heterocycles. The molecule has 3 atom stereocenters. The first-order valence-electron chi connectivity index (χ1n) is 10.8. The summed E-state index contributed by atoms with van der Waals surface area (Å²) < 4.78 is 11.0. The number of nitrogens with one attached hydrogen (secondary N) is 1. The van der Waals surface area contributed by atoms with Crippen molar-refractivity contribution in [2.24, 2.45) is 11.3 Å². The summed E-state index contributed by atoms with van der Waals surface area (Å²) in [6, 6.07) is -0.387. The number of hydrogen-bond acceptors (Lipinski definition) is 5. The molecular weight excluding hydrogens is 358 g/mol. The molecule has 28 heavy (non-hydrogen) atoms. The minimum absolute atomic E-state index is 0.152. The first-order valence-corrected chi connectivity index (χ1v) is 10.8. The number of rotatable bonds is 12. The molecule has 0 aromatic heterocycles. The fourth-order valence-corrected chi connectivity index (χ4v) is 3.48. The zero-order valence-electron chi connectivity index (χ0n) is 18.7. The van der Waals surface area contributed by atoms with Crippen LogP contribution in [0.3, 0.4) is 0 Å². The maximum absolute atomic E-state index is 13.0. The largest absolute Gasteiger partial charge is 0.432 e. The Kier molecular flexibility index (Phi) is 9.91. The van der Waals surface area contributed by atoms with Crippen LogP contribution in [0.25, 0.3) is 0 Å². The van der Waals surface area contributed by atoms with Gasteiger partial charge in [-0.25, -0.2) is 4.79 Å². The van der Waals surface area contributed by atoms with Gasteiger partial charge in [0.05, 0.1) is 18.6 Å². The number of carbonyl (C=O) groups is 2. The molecule has 0 unspecified atom stereocenters. The molecule has 164 valence electrons. The molecular formula is C22H41NO5. The van der Waals surface area contributed by atoms with Gasteiger partial charge >= 0.3 is 5.97 Å². The number of aliphatic hydroxyl groups excluding tert-OH is 1. The van der Waals surface area contributed by atoms with Gasteiger partial charge < -0.3 is 19.9 Å². The van der Waals surface area contributed by atoms with Gasteiger partial charge in [-0.1, -0.05) is 72.6 Å². The van der Waals surface area contributed by atoms with Crippen LogP contribution in [0, 0.1) is 11.3 Å². The fourth-order valence-electron chi connectivity index (χ4n) is 3.48. The smallest absolute Gasteiger partial charge is 0.338 e. The molecule has 2 N–H and O–H groups in total. The van der Waals surface area contributed by atoms with Gasteiger partial charge in [0.2, 0.25) is 11.7 Å². The van der Waals surface area contributed by atoms with E-state index in [1.807, 2.05) is 20.8 Å². The highest BCUT2D eigenvalue weighted by Gasteiger charge is 2.47. The van der Waals surface area contributed by atoms with Crippen LogP contribution in [0.5, 0.6) is 0 Å². The molecule has 1 aliphatic rings. The van der Waals surface area contributed by atoms with Crippen molar-refractivity contribution in [3.8, 4) is 0 Å². The van der Waals surface area contributed by atoms with E-state index in [-0.39, 0.29) is 24.0 Å². The number of hydrogen-bond donors (Lipinski definition) is 2. The van der Waals surface area contributed by atoms with Crippen LogP contribution in [0.1, 0.15) is 92.9 Å².